The zero-order chi connectivity index (χ0) is 20.4. The van der Waals surface area contributed by atoms with E-state index in [4.69, 9.17) is 0 Å². The smallest absolute Gasteiger partial charge is 0.324 e. The Morgan fingerprint density at radius 1 is 1.15 bits per heavy atom. The SMILES string of the molecule is CN(C)S(=O)(=O)c1ccc(=O)n(CC(=O)Nc2ccccc2C(F)(F)F)c1. The van der Waals surface area contributed by atoms with Crippen molar-refractivity contribution in [2.24, 2.45) is 0 Å². The molecule has 146 valence electrons. The molecule has 2 rings (SSSR count). The molecule has 1 N–H and O–H groups in total. The molecule has 1 heterocycles. The number of rotatable bonds is 5. The van der Waals surface area contributed by atoms with Gasteiger partial charge in [0.15, 0.2) is 0 Å². The van der Waals surface area contributed by atoms with E-state index in [1.165, 1.54) is 26.2 Å². The summed E-state index contributed by atoms with van der Waals surface area (Å²) in [5, 5.41) is 2.10. The van der Waals surface area contributed by atoms with Gasteiger partial charge in [0.1, 0.15) is 6.54 Å². The van der Waals surface area contributed by atoms with Crippen LogP contribution in [0.1, 0.15) is 5.56 Å². The number of halogens is 3. The fraction of sp³-hybridized carbons (Fsp3) is 0.250. The quantitative estimate of drug-likeness (QED) is 0.824. The summed E-state index contributed by atoms with van der Waals surface area (Å²) in [7, 11) is -1.25. The first kappa shape index (κ1) is 20.6. The molecule has 0 unspecified atom stereocenters. The zero-order valence-electron chi connectivity index (χ0n) is 14.3. The van der Waals surface area contributed by atoms with Gasteiger partial charge < -0.3 is 9.88 Å². The first-order chi connectivity index (χ1) is 12.4. The zero-order valence-corrected chi connectivity index (χ0v) is 15.1. The van der Waals surface area contributed by atoms with E-state index in [9.17, 15) is 31.2 Å². The number of hydrogen-bond donors (Lipinski definition) is 1. The fourth-order valence-corrected chi connectivity index (χ4v) is 3.10. The summed E-state index contributed by atoms with van der Waals surface area (Å²) in [4.78, 5) is 23.8. The molecule has 0 aliphatic heterocycles. The van der Waals surface area contributed by atoms with Crippen LogP contribution < -0.4 is 10.9 Å². The maximum Gasteiger partial charge on any atom is 0.418 e. The van der Waals surface area contributed by atoms with Crippen LogP contribution in [0.25, 0.3) is 0 Å². The third-order valence-corrected chi connectivity index (χ3v) is 5.35. The summed E-state index contributed by atoms with van der Waals surface area (Å²) >= 11 is 0. The van der Waals surface area contributed by atoms with Crippen LogP contribution in [0.2, 0.25) is 0 Å². The molecule has 1 amide bonds. The molecule has 27 heavy (non-hydrogen) atoms. The van der Waals surface area contributed by atoms with E-state index in [1.807, 2.05) is 0 Å². The number of carbonyl (C=O) groups excluding carboxylic acids is 1. The third kappa shape index (κ3) is 4.74. The average Bonchev–Trinajstić information content (AvgIpc) is 2.56. The summed E-state index contributed by atoms with van der Waals surface area (Å²) in [5.74, 6) is -0.909. The number of benzene rings is 1. The highest BCUT2D eigenvalue weighted by Gasteiger charge is 2.33. The molecule has 0 bridgehead atoms. The van der Waals surface area contributed by atoms with Gasteiger partial charge in [0.05, 0.1) is 16.1 Å². The third-order valence-electron chi connectivity index (χ3n) is 3.56. The van der Waals surface area contributed by atoms with E-state index in [-0.39, 0.29) is 4.90 Å². The number of carbonyl (C=O) groups is 1. The Balaban J connectivity index is 2.29. The Bertz CT molecular complexity index is 1010. The van der Waals surface area contributed by atoms with Crippen molar-refractivity contribution in [1.29, 1.82) is 0 Å². The van der Waals surface area contributed by atoms with Gasteiger partial charge >= 0.3 is 6.18 Å². The van der Waals surface area contributed by atoms with Gasteiger partial charge in [-0.25, -0.2) is 12.7 Å². The van der Waals surface area contributed by atoms with Crippen LogP contribution in [0.4, 0.5) is 18.9 Å². The first-order valence-corrected chi connectivity index (χ1v) is 8.96. The first-order valence-electron chi connectivity index (χ1n) is 7.52. The number of para-hydroxylation sites is 1. The molecule has 0 aliphatic carbocycles. The van der Waals surface area contributed by atoms with Gasteiger partial charge in [0.25, 0.3) is 5.56 Å². The van der Waals surface area contributed by atoms with E-state index in [2.05, 4.69) is 5.32 Å². The molecule has 1 aromatic heterocycles. The monoisotopic (exact) mass is 403 g/mol. The Morgan fingerprint density at radius 3 is 2.37 bits per heavy atom. The van der Waals surface area contributed by atoms with Crippen LogP contribution in [0.15, 0.2) is 52.3 Å². The Hall–Kier alpha value is -2.66. The summed E-state index contributed by atoms with van der Waals surface area (Å²) in [6.45, 7) is -0.651. The molecule has 1 aromatic carbocycles. The Kier molecular flexibility index (Phi) is 5.76. The molecule has 2 aromatic rings. The van der Waals surface area contributed by atoms with E-state index < -0.39 is 45.5 Å². The topological polar surface area (TPSA) is 88.5 Å². The number of nitrogens with one attached hydrogen (secondary N) is 1. The Morgan fingerprint density at radius 2 is 1.78 bits per heavy atom. The largest absolute Gasteiger partial charge is 0.418 e. The van der Waals surface area contributed by atoms with Gasteiger partial charge in [-0.2, -0.15) is 13.2 Å². The molecule has 0 fully saturated rings. The molecule has 0 saturated heterocycles. The predicted octanol–water partition coefficient (Wildman–Crippen LogP) is 1.76. The summed E-state index contributed by atoms with van der Waals surface area (Å²) in [5.41, 5.74) is -2.17. The number of pyridine rings is 1. The highest BCUT2D eigenvalue weighted by atomic mass is 32.2. The predicted molar refractivity (Wildman–Crippen MR) is 91.6 cm³/mol. The van der Waals surface area contributed by atoms with Gasteiger partial charge in [-0.05, 0) is 18.2 Å². The van der Waals surface area contributed by atoms with Crippen LogP contribution >= 0.6 is 0 Å². The molecular formula is C16H16F3N3O4S. The van der Waals surface area contributed by atoms with Crippen LogP contribution in [0.3, 0.4) is 0 Å². The lowest BCUT2D eigenvalue weighted by atomic mass is 10.1. The average molecular weight is 403 g/mol. The molecule has 11 heteroatoms. The maximum atomic E-state index is 13.0. The second-order valence-electron chi connectivity index (χ2n) is 5.71. The number of sulfonamides is 1. The molecular weight excluding hydrogens is 387 g/mol. The molecule has 0 aliphatic rings. The molecule has 0 saturated carbocycles. The van der Waals surface area contributed by atoms with E-state index in [1.54, 1.807) is 0 Å². The standard InChI is InChI=1S/C16H16F3N3O4S/c1-21(2)27(25,26)11-7-8-15(24)22(9-11)10-14(23)20-13-6-4-3-5-12(13)16(17,18)19/h3-9H,10H2,1-2H3,(H,20,23). The van der Waals surface area contributed by atoms with Gasteiger partial charge in [0.2, 0.25) is 15.9 Å². The molecule has 0 spiro atoms. The summed E-state index contributed by atoms with van der Waals surface area (Å²) in [6, 6.07) is 6.45. The lowest BCUT2D eigenvalue weighted by Crippen LogP contribution is -2.29. The normalized spacial score (nSPS) is 12.2. The minimum absolute atomic E-state index is 0.226. The van der Waals surface area contributed by atoms with E-state index in [0.29, 0.717) is 0 Å². The molecule has 0 atom stereocenters. The van der Waals surface area contributed by atoms with Gasteiger partial charge in [-0.3, -0.25) is 9.59 Å². The van der Waals surface area contributed by atoms with Crippen LogP contribution in [-0.4, -0.2) is 37.3 Å². The highest BCUT2D eigenvalue weighted by Crippen LogP contribution is 2.34. The number of amides is 1. The molecule has 7 nitrogen and oxygen atoms in total. The highest BCUT2D eigenvalue weighted by molar-refractivity contribution is 7.89. The van der Waals surface area contributed by atoms with Crippen molar-refractivity contribution >= 4 is 21.6 Å². The van der Waals surface area contributed by atoms with E-state index in [0.717, 1.165) is 39.3 Å². The van der Waals surface area contributed by atoms with Crippen molar-refractivity contribution < 1.29 is 26.4 Å². The number of nitrogens with zero attached hydrogens (tertiary/aromatic N) is 2. The van der Waals surface area contributed by atoms with Crippen LogP contribution in [-0.2, 0) is 27.5 Å². The van der Waals surface area contributed by atoms with Crippen molar-refractivity contribution in [1.82, 2.24) is 8.87 Å². The van der Waals surface area contributed by atoms with Crippen molar-refractivity contribution in [2.75, 3.05) is 19.4 Å². The maximum absolute atomic E-state index is 13.0. The van der Waals surface area contributed by atoms with Crippen molar-refractivity contribution in [3.05, 3.63) is 58.5 Å². The van der Waals surface area contributed by atoms with Crippen molar-refractivity contribution in [2.45, 2.75) is 17.6 Å². The summed E-state index contributed by atoms with van der Waals surface area (Å²) < 4.78 is 64.9. The number of hydrogen-bond acceptors (Lipinski definition) is 4. The van der Waals surface area contributed by atoms with Crippen molar-refractivity contribution in [3.63, 3.8) is 0 Å². The van der Waals surface area contributed by atoms with Crippen LogP contribution in [0.5, 0.6) is 0 Å². The number of anilines is 1. The van der Waals surface area contributed by atoms with Gasteiger partial charge in [-0.1, -0.05) is 12.1 Å². The number of alkyl halides is 3. The second kappa shape index (κ2) is 7.53. The minimum Gasteiger partial charge on any atom is -0.324 e. The van der Waals surface area contributed by atoms with Gasteiger partial charge in [-0.15, -0.1) is 0 Å². The lowest BCUT2D eigenvalue weighted by molar-refractivity contribution is -0.137. The second-order valence-corrected chi connectivity index (χ2v) is 7.86. The Labute approximate surface area is 153 Å². The fourth-order valence-electron chi connectivity index (χ4n) is 2.18. The van der Waals surface area contributed by atoms with Crippen LogP contribution in [0, 0.1) is 0 Å². The van der Waals surface area contributed by atoms with Crippen molar-refractivity contribution in [3.8, 4) is 0 Å². The lowest BCUT2D eigenvalue weighted by Gasteiger charge is -2.15. The number of aromatic nitrogens is 1. The minimum atomic E-state index is -4.67. The molecule has 0 radical (unpaired) electrons. The van der Waals surface area contributed by atoms with Gasteiger partial charge in [0, 0.05) is 26.4 Å². The van der Waals surface area contributed by atoms with E-state index >= 15 is 0 Å². The summed E-state index contributed by atoms with van der Waals surface area (Å²) in [6.07, 6.45) is -3.70.